The summed E-state index contributed by atoms with van der Waals surface area (Å²) in [6.07, 6.45) is 1.30. The average molecular weight is 382 g/mol. The predicted octanol–water partition coefficient (Wildman–Crippen LogP) is 3.76. The first-order chi connectivity index (χ1) is 13.0. The van der Waals surface area contributed by atoms with E-state index < -0.39 is 36.8 Å². The van der Waals surface area contributed by atoms with Crippen LogP contribution in [0.15, 0.2) is 48.5 Å². The summed E-state index contributed by atoms with van der Waals surface area (Å²) in [5, 5.41) is 0.633. The average Bonchev–Trinajstić information content (AvgIpc) is 2.95. The number of cyclic esters (lactones) is 2. The summed E-state index contributed by atoms with van der Waals surface area (Å²) in [5.41, 5.74) is 1.20. The Morgan fingerprint density at radius 3 is 2.44 bits per heavy atom. The van der Waals surface area contributed by atoms with E-state index in [0.717, 1.165) is 11.1 Å². The molecule has 2 aromatic rings. The van der Waals surface area contributed by atoms with Gasteiger partial charge < -0.3 is 9.26 Å². The molecule has 5 rings (SSSR count). The minimum Gasteiger partial charge on any atom is -0.439 e. The van der Waals surface area contributed by atoms with Gasteiger partial charge in [0.15, 0.2) is 0 Å². The van der Waals surface area contributed by atoms with Crippen LogP contribution in [-0.4, -0.2) is 17.6 Å². The van der Waals surface area contributed by atoms with Crippen molar-refractivity contribution < 1.29 is 23.4 Å². The Morgan fingerprint density at radius 1 is 0.926 bits per heavy atom. The van der Waals surface area contributed by atoms with E-state index >= 15 is 0 Å². The molecule has 0 bridgehead atoms. The Balaban J connectivity index is 1.71. The third kappa shape index (κ3) is 2.28. The first kappa shape index (κ1) is 16.8. The summed E-state index contributed by atoms with van der Waals surface area (Å²) in [6, 6.07) is 15.0. The summed E-state index contributed by atoms with van der Waals surface area (Å²) in [6.45, 7) is 1.99. The predicted molar refractivity (Wildman–Crippen MR) is 100 cm³/mol. The SMILES string of the molecule is CC1CCC2C(=O)OC(=O)C2C1P1(=O)Oc2ccccc2-c2ccccc21. The molecule has 0 N–H and O–H groups in total. The number of rotatable bonds is 1. The Kier molecular flexibility index (Phi) is 3.60. The Hall–Kier alpha value is -2.39. The van der Waals surface area contributed by atoms with Crippen molar-refractivity contribution in [3.63, 3.8) is 0 Å². The number of ether oxygens (including phenoxy) is 1. The molecule has 0 spiro atoms. The van der Waals surface area contributed by atoms with E-state index in [1.165, 1.54) is 0 Å². The third-order valence-corrected chi connectivity index (χ3v) is 9.28. The van der Waals surface area contributed by atoms with Gasteiger partial charge in [-0.15, -0.1) is 0 Å². The van der Waals surface area contributed by atoms with Crippen LogP contribution in [-0.2, 0) is 18.9 Å². The van der Waals surface area contributed by atoms with E-state index in [4.69, 9.17) is 9.26 Å². The molecule has 138 valence electrons. The topological polar surface area (TPSA) is 69.7 Å². The van der Waals surface area contributed by atoms with Crippen LogP contribution in [0.2, 0.25) is 0 Å². The normalized spacial score (nSPS) is 34.1. The fraction of sp³-hybridized carbons (Fsp3) is 0.333. The van der Waals surface area contributed by atoms with Crippen molar-refractivity contribution >= 4 is 24.6 Å². The lowest BCUT2D eigenvalue weighted by Gasteiger charge is -2.41. The van der Waals surface area contributed by atoms with Crippen LogP contribution >= 0.6 is 7.37 Å². The van der Waals surface area contributed by atoms with Crippen LogP contribution in [0.4, 0.5) is 0 Å². The highest BCUT2D eigenvalue weighted by molar-refractivity contribution is 7.68. The van der Waals surface area contributed by atoms with Gasteiger partial charge in [0.25, 0.3) is 7.37 Å². The fourth-order valence-electron chi connectivity index (χ4n) is 4.90. The Labute approximate surface area is 157 Å². The van der Waals surface area contributed by atoms with E-state index in [9.17, 15) is 14.2 Å². The summed E-state index contributed by atoms with van der Waals surface area (Å²) in [4.78, 5) is 24.6. The lowest BCUT2D eigenvalue weighted by Crippen LogP contribution is -2.43. The lowest BCUT2D eigenvalue weighted by atomic mass is 9.75. The monoisotopic (exact) mass is 382 g/mol. The van der Waals surface area contributed by atoms with E-state index in [1.807, 2.05) is 49.4 Å². The van der Waals surface area contributed by atoms with Crippen molar-refractivity contribution in [3.8, 4) is 16.9 Å². The summed E-state index contributed by atoms with van der Waals surface area (Å²) < 4.78 is 25.5. The molecule has 2 heterocycles. The fourth-order valence-corrected chi connectivity index (χ4v) is 8.29. The van der Waals surface area contributed by atoms with Crippen LogP contribution in [0.5, 0.6) is 5.75 Å². The quantitative estimate of drug-likeness (QED) is 0.427. The molecule has 0 radical (unpaired) electrons. The zero-order chi connectivity index (χ0) is 18.8. The van der Waals surface area contributed by atoms with Gasteiger partial charge in [0.05, 0.1) is 22.8 Å². The van der Waals surface area contributed by atoms with Gasteiger partial charge in [0.2, 0.25) is 0 Å². The second kappa shape index (κ2) is 5.80. The molecule has 2 aromatic carbocycles. The van der Waals surface area contributed by atoms with Crippen LogP contribution in [0.3, 0.4) is 0 Å². The van der Waals surface area contributed by atoms with E-state index in [1.54, 1.807) is 6.07 Å². The molecule has 1 saturated heterocycles. The maximum Gasteiger partial charge on any atom is 0.318 e. The van der Waals surface area contributed by atoms with Gasteiger partial charge >= 0.3 is 11.9 Å². The summed E-state index contributed by atoms with van der Waals surface area (Å²) >= 11 is 0. The zero-order valence-electron chi connectivity index (χ0n) is 14.8. The zero-order valence-corrected chi connectivity index (χ0v) is 15.7. The first-order valence-electron chi connectivity index (χ1n) is 9.24. The second-order valence-electron chi connectivity index (χ2n) is 7.62. The molecular weight excluding hydrogens is 363 g/mol. The van der Waals surface area contributed by atoms with Crippen molar-refractivity contribution in [2.24, 2.45) is 17.8 Å². The van der Waals surface area contributed by atoms with Gasteiger partial charge in [-0.25, -0.2) is 0 Å². The molecule has 0 aromatic heterocycles. The van der Waals surface area contributed by atoms with Gasteiger partial charge in [0.1, 0.15) is 5.75 Å². The maximum atomic E-state index is 14.4. The standard InChI is InChI=1S/C21H19O5P/c1-12-10-11-15-18(21(23)25-20(15)22)19(12)27(24)17-9-5-3-7-14(17)13-6-2-4-8-16(13)26-27/h2-9,12,15,18-19H,10-11H2,1H3. The number of carbonyl (C=O) groups is 2. The largest absolute Gasteiger partial charge is 0.439 e. The molecule has 5 unspecified atom stereocenters. The second-order valence-corrected chi connectivity index (χ2v) is 10.1. The van der Waals surface area contributed by atoms with E-state index in [2.05, 4.69) is 0 Å². The van der Waals surface area contributed by atoms with Gasteiger partial charge in [-0.05, 0) is 36.5 Å². The van der Waals surface area contributed by atoms with E-state index in [0.29, 0.717) is 23.9 Å². The number of benzene rings is 2. The lowest BCUT2D eigenvalue weighted by molar-refractivity contribution is -0.153. The smallest absolute Gasteiger partial charge is 0.318 e. The highest BCUT2D eigenvalue weighted by Crippen LogP contribution is 2.64. The number of para-hydroxylation sites is 1. The summed E-state index contributed by atoms with van der Waals surface area (Å²) in [7, 11) is -3.45. The van der Waals surface area contributed by atoms with Gasteiger partial charge in [-0.3, -0.25) is 14.2 Å². The number of hydrogen-bond donors (Lipinski definition) is 0. The maximum absolute atomic E-state index is 14.4. The number of hydrogen-bond acceptors (Lipinski definition) is 5. The van der Waals surface area contributed by atoms with Crippen LogP contribution < -0.4 is 9.83 Å². The number of esters is 2. The highest BCUT2D eigenvalue weighted by atomic mass is 31.2. The van der Waals surface area contributed by atoms with Crippen LogP contribution in [0, 0.1) is 17.8 Å². The Bertz CT molecular complexity index is 1010. The van der Waals surface area contributed by atoms with Crippen molar-refractivity contribution in [3.05, 3.63) is 48.5 Å². The Morgan fingerprint density at radius 2 is 1.63 bits per heavy atom. The molecule has 3 aliphatic rings. The van der Waals surface area contributed by atoms with Crippen LogP contribution in [0.1, 0.15) is 19.8 Å². The number of fused-ring (bicyclic) bond motifs is 4. The molecule has 2 aliphatic heterocycles. The molecule has 27 heavy (non-hydrogen) atoms. The molecule has 1 aliphatic carbocycles. The molecule has 6 heteroatoms. The van der Waals surface area contributed by atoms with Crippen molar-refractivity contribution in [1.82, 2.24) is 0 Å². The minimum absolute atomic E-state index is 0.0196. The van der Waals surface area contributed by atoms with Crippen molar-refractivity contribution in [2.75, 3.05) is 0 Å². The van der Waals surface area contributed by atoms with Gasteiger partial charge in [-0.2, -0.15) is 0 Å². The van der Waals surface area contributed by atoms with Gasteiger partial charge in [-0.1, -0.05) is 43.3 Å². The molecule has 1 saturated carbocycles. The van der Waals surface area contributed by atoms with Crippen molar-refractivity contribution in [1.29, 1.82) is 0 Å². The molecular formula is C21H19O5P. The van der Waals surface area contributed by atoms with Crippen molar-refractivity contribution in [2.45, 2.75) is 25.4 Å². The molecule has 2 fully saturated rings. The molecule has 5 atom stereocenters. The van der Waals surface area contributed by atoms with Crippen LogP contribution in [0.25, 0.3) is 11.1 Å². The minimum atomic E-state index is -3.45. The first-order valence-corrected chi connectivity index (χ1v) is 10.9. The summed E-state index contributed by atoms with van der Waals surface area (Å²) in [5.74, 6) is -1.72. The van der Waals surface area contributed by atoms with E-state index in [-0.39, 0.29) is 5.92 Å². The molecule has 5 nitrogen and oxygen atoms in total. The van der Waals surface area contributed by atoms with Gasteiger partial charge in [0, 0.05) is 5.56 Å². The highest BCUT2D eigenvalue weighted by Gasteiger charge is 2.60. The third-order valence-electron chi connectivity index (χ3n) is 6.14. The molecule has 0 amide bonds. The number of carbonyl (C=O) groups excluding carboxylic acids is 2.